The van der Waals surface area contributed by atoms with E-state index < -0.39 is 0 Å². The van der Waals surface area contributed by atoms with Crippen LogP contribution >= 0.6 is 0 Å². The van der Waals surface area contributed by atoms with E-state index >= 15 is 0 Å². The zero-order chi connectivity index (χ0) is 16.4. The van der Waals surface area contributed by atoms with Crippen molar-refractivity contribution in [2.45, 2.75) is 38.1 Å². The van der Waals surface area contributed by atoms with E-state index in [-0.39, 0.29) is 11.9 Å². The number of benzene rings is 2. The lowest BCUT2D eigenvalue weighted by Gasteiger charge is -2.24. The normalized spacial score (nSPS) is 16.8. The number of H-pyrrole nitrogens is 1. The molecule has 1 aliphatic rings. The van der Waals surface area contributed by atoms with Crippen LogP contribution in [0.5, 0.6) is 0 Å². The second-order valence-electron chi connectivity index (χ2n) is 6.56. The van der Waals surface area contributed by atoms with Gasteiger partial charge in [0.1, 0.15) is 0 Å². The van der Waals surface area contributed by atoms with Gasteiger partial charge in [0.05, 0.1) is 6.04 Å². The molecule has 0 unspecified atom stereocenters. The highest BCUT2D eigenvalue weighted by Gasteiger charge is 2.25. The van der Waals surface area contributed by atoms with Gasteiger partial charge in [0.2, 0.25) is 5.91 Å². The maximum absolute atomic E-state index is 12.4. The number of aromatic nitrogens is 1. The molecule has 3 nitrogen and oxygen atoms in total. The van der Waals surface area contributed by atoms with Crippen LogP contribution < -0.4 is 5.32 Å². The second kappa shape index (κ2) is 6.52. The third-order valence-corrected chi connectivity index (χ3v) is 4.93. The highest BCUT2D eigenvalue weighted by atomic mass is 16.1. The van der Waals surface area contributed by atoms with Gasteiger partial charge in [-0.15, -0.1) is 0 Å². The van der Waals surface area contributed by atoms with Crippen LogP contribution in [0.25, 0.3) is 10.9 Å². The summed E-state index contributed by atoms with van der Waals surface area (Å²) in [7, 11) is 0. The average molecular weight is 318 g/mol. The Balaban J connectivity index is 1.47. The van der Waals surface area contributed by atoms with E-state index in [2.05, 4.69) is 46.7 Å². The number of aryl methyl sites for hydroxylation is 2. The number of nitrogens with one attached hydrogen (secondary N) is 2. The summed E-state index contributed by atoms with van der Waals surface area (Å²) >= 11 is 0. The summed E-state index contributed by atoms with van der Waals surface area (Å²) < 4.78 is 0. The van der Waals surface area contributed by atoms with Gasteiger partial charge in [-0.3, -0.25) is 4.79 Å². The van der Waals surface area contributed by atoms with E-state index in [1.165, 1.54) is 27.7 Å². The van der Waals surface area contributed by atoms with Gasteiger partial charge in [0.15, 0.2) is 0 Å². The zero-order valence-electron chi connectivity index (χ0n) is 13.7. The summed E-state index contributed by atoms with van der Waals surface area (Å²) in [6.07, 6.45) is 4.56. The van der Waals surface area contributed by atoms with Gasteiger partial charge in [-0.25, -0.2) is 0 Å². The summed E-state index contributed by atoms with van der Waals surface area (Å²) in [5, 5.41) is 4.54. The number of rotatable bonds is 4. The first-order valence-corrected chi connectivity index (χ1v) is 8.74. The minimum Gasteiger partial charge on any atom is -0.356 e. The molecule has 1 aromatic heterocycles. The van der Waals surface area contributed by atoms with Crippen LogP contribution in [0.15, 0.2) is 54.6 Å². The van der Waals surface area contributed by atoms with Crippen LogP contribution in [0.1, 0.15) is 42.1 Å². The molecule has 1 aliphatic carbocycles. The zero-order valence-corrected chi connectivity index (χ0v) is 13.7. The first-order valence-electron chi connectivity index (χ1n) is 8.74. The van der Waals surface area contributed by atoms with E-state index in [9.17, 15) is 4.79 Å². The smallest absolute Gasteiger partial charge is 0.220 e. The Bertz CT molecular complexity index is 851. The molecule has 3 heteroatoms. The molecular weight excluding hydrogens is 296 g/mol. The van der Waals surface area contributed by atoms with Crippen LogP contribution in [0, 0.1) is 0 Å². The minimum atomic E-state index is 0.115. The summed E-state index contributed by atoms with van der Waals surface area (Å²) in [5.74, 6) is 0.135. The molecule has 2 N–H and O–H groups in total. The molecule has 0 radical (unpaired) electrons. The van der Waals surface area contributed by atoms with Gasteiger partial charge >= 0.3 is 0 Å². The molecular formula is C21H22N2O. The van der Waals surface area contributed by atoms with Crippen molar-refractivity contribution >= 4 is 16.8 Å². The minimum absolute atomic E-state index is 0.115. The van der Waals surface area contributed by atoms with Gasteiger partial charge in [0, 0.05) is 23.0 Å². The van der Waals surface area contributed by atoms with E-state index in [1.54, 1.807) is 0 Å². The van der Waals surface area contributed by atoms with E-state index in [0.717, 1.165) is 25.7 Å². The first-order chi connectivity index (χ1) is 11.8. The topological polar surface area (TPSA) is 44.9 Å². The number of fused-ring (bicyclic) bond motifs is 3. The van der Waals surface area contributed by atoms with Crippen LogP contribution in [0.3, 0.4) is 0 Å². The maximum atomic E-state index is 12.4. The molecule has 122 valence electrons. The lowest BCUT2D eigenvalue weighted by atomic mass is 9.91. The van der Waals surface area contributed by atoms with Crippen LogP contribution in [-0.2, 0) is 17.6 Å². The summed E-state index contributed by atoms with van der Waals surface area (Å²) in [5.41, 5.74) is 4.97. The monoisotopic (exact) mass is 318 g/mol. The first kappa shape index (κ1) is 15.0. The number of carbonyl (C=O) groups is 1. The van der Waals surface area contributed by atoms with E-state index in [4.69, 9.17) is 0 Å². The third kappa shape index (κ3) is 2.94. The molecule has 0 aliphatic heterocycles. The van der Waals surface area contributed by atoms with Gasteiger partial charge in [-0.1, -0.05) is 48.5 Å². The Labute approximate surface area is 142 Å². The van der Waals surface area contributed by atoms with Crippen molar-refractivity contribution in [2.24, 2.45) is 0 Å². The molecule has 1 heterocycles. The fourth-order valence-electron chi connectivity index (χ4n) is 3.73. The van der Waals surface area contributed by atoms with Crippen molar-refractivity contribution in [1.82, 2.24) is 10.3 Å². The van der Waals surface area contributed by atoms with Gasteiger partial charge in [0.25, 0.3) is 0 Å². The average Bonchev–Trinajstić information content (AvgIpc) is 3.01. The Morgan fingerprint density at radius 2 is 1.88 bits per heavy atom. The van der Waals surface area contributed by atoms with Crippen molar-refractivity contribution in [3.8, 4) is 0 Å². The van der Waals surface area contributed by atoms with Gasteiger partial charge in [-0.05, 0) is 42.9 Å². The number of para-hydroxylation sites is 1. The molecule has 2 aromatic carbocycles. The molecule has 4 rings (SSSR count). The Hall–Kier alpha value is -2.55. The molecule has 1 amide bonds. The second-order valence-corrected chi connectivity index (χ2v) is 6.56. The van der Waals surface area contributed by atoms with E-state index in [1.807, 2.05) is 18.2 Å². The van der Waals surface area contributed by atoms with Crippen molar-refractivity contribution in [3.63, 3.8) is 0 Å². The highest BCUT2D eigenvalue weighted by Crippen LogP contribution is 2.34. The predicted molar refractivity (Wildman–Crippen MR) is 96.9 cm³/mol. The Morgan fingerprint density at radius 1 is 1.08 bits per heavy atom. The SMILES string of the molecule is O=C(CCc1ccccc1)N[C@@H]1CCCc2c1[nH]c1ccccc21. The van der Waals surface area contributed by atoms with Crippen LogP contribution in [0.4, 0.5) is 0 Å². The predicted octanol–water partition coefficient (Wildman–Crippen LogP) is 4.29. The highest BCUT2D eigenvalue weighted by molar-refractivity contribution is 5.85. The lowest BCUT2D eigenvalue weighted by Crippen LogP contribution is -2.31. The third-order valence-electron chi connectivity index (χ3n) is 4.93. The summed E-state index contributed by atoms with van der Waals surface area (Å²) in [6.45, 7) is 0. The molecule has 24 heavy (non-hydrogen) atoms. The number of hydrogen-bond donors (Lipinski definition) is 2. The van der Waals surface area contributed by atoms with Crippen molar-refractivity contribution in [1.29, 1.82) is 0 Å². The van der Waals surface area contributed by atoms with Crippen molar-refractivity contribution in [3.05, 3.63) is 71.4 Å². The van der Waals surface area contributed by atoms with Gasteiger partial charge in [-0.2, -0.15) is 0 Å². The summed E-state index contributed by atoms with van der Waals surface area (Å²) in [6, 6.07) is 18.7. The maximum Gasteiger partial charge on any atom is 0.220 e. The summed E-state index contributed by atoms with van der Waals surface area (Å²) in [4.78, 5) is 15.9. The molecule has 0 saturated carbocycles. The number of amides is 1. The van der Waals surface area contributed by atoms with Crippen LogP contribution in [-0.4, -0.2) is 10.9 Å². The molecule has 0 bridgehead atoms. The molecule has 3 aromatic rings. The quantitative estimate of drug-likeness (QED) is 0.740. The number of carbonyl (C=O) groups excluding carboxylic acids is 1. The number of hydrogen-bond acceptors (Lipinski definition) is 1. The van der Waals surface area contributed by atoms with Crippen LogP contribution in [0.2, 0.25) is 0 Å². The Kier molecular flexibility index (Phi) is 4.08. The number of aromatic amines is 1. The molecule has 0 spiro atoms. The van der Waals surface area contributed by atoms with E-state index in [0.29, 0.717) is 6.42 Å². The van der Waals surface area contributed by atoms with Crippen molar-refractivity contribution < 1.29 is 4.79 Å². The standard InChI is InChI=1S/C21H22N2O/c24-20(14-13-15-7-2-1-3-8-15)22-19-12-6-10-17-16-9-4-5-11-18(16)23-21(17)19/h1-5,7-9,11,19,23H,6,10,12-14H2,(H,22,24)/t19-/m1/s1. The Morgan fingerprint density at radius 3 is 2.75 bits per heavy atom. The van der Waals surface area contributed by atoms with Gasteiger partial charge < -0.3 is 10.3 Å². The molecule has 0 fully saturated rings. The fraction of sp³-hybridized carbons (Fsp3) is 0.286. The molecule has 0 saturated heterocycles. The largest absolute Gasteiger partial charge is 0.356 e. The molecule has 1 atom stereocenters. The van der Waals surface area contributed by atoms with Crippen molar-refractivity contribution in [2.75, 3.05) is 0 Å². The lowest BCUT2D eigenvalue weighted by molar-refractivity contribution is -0.121. The fourth-order valence-corrected chi connectivity index (χ4v) is 3.73.